The monoisotopic (exact) mass is 238 g/mol. The average molecular weight is 239 g/mol. The maximum absolute atomic E-state index is 8.49. The molecule has 0 fully saturated rings. The van der Waals surface area contributed by atoms with Gasteiger partial charge in [0.1, 0.15) is 5.75 Å². The molecule has 0 N–H and O–H groups in total. The first-order chi connectivity index (χ1) is 6.72. The summed E-state index contributed by atoms with van der Waals surface area (Å²) >= 11 is 0. The Hall–Kier alpha value is -0.920. The number of halogens is 1. The van der Waals surface area contributed by atoms with Crippen molar-refractivity contribution in [2.45, 2.75) is 13.8 Å². The summed E-state index contributed by atoms with van der Waals surface area (Å²) in [4.78, 5) is 0. The van der Waals surface area contributed by atoms with E-state index in [1.807, 2.05) is 26.0 Å². The van der Waals surface area contributed by atoms with Crippen LogP contribution in [0.15, 0.2) is 16.5 Å². The van der Waals surface area contributed by atoms with Crippen LogP contribution in [-0.4, -0.2) is 7.11 Å². The van der Waals surface area contributed by atoms with Gasteiger partial charge in [-0.3, -0.25) is 0 Å². The fourth-order valence-corrected chi connectivity index (χ4v) is 0.873. The predicted octanol–water partition coefficient (Wildman–Crippen LogP) is -2.57. The minimum Gasteiger partial charge on any atom is -0.496 e. The molecule has 0 aliphatic heterocycles. The molecule has 0 aliphatic carbocycles. The highest BCUT2D eigenvalue weighted by Gasteiger charge is 2.06. The summed E-state index contributed by atoms with van der Waals surface area (Å²) in [6.07, 6.45) is 0. The first-order valence-electron chi connectivity index (χ1n) is 3.79. The van der Waals surface area contributed by atoms with Crippen LogP contribution in [0.3, 0.4) is 0 Å². The van der Waals surface area contributed by atoms with Crippen LogP contribution in [0.2, 0.25) is 0 Å². The van der Waals surface area contributed by atoms with E-state index in [2.05, 4.69) is 0 Å². The Bertz CT molecular complexity index is 282. The van der Waals surface area contributed by atoms with E-state index in [1.165, 1.54) is 0 Å². The van der Waals surface area contributed by atoms with Gasteiger partial charge in [-0.2, -0.15) is 0 Å². The summed E-state index contributed by atoms with van der Waals surface area (Å²) in [5.41, 5.74) is 0. The number of methoxy groups -OCH3 is 1. The van der Waals surface area contributed by atoms with Crippen molar-refractivity contribution in [2.75, 3.05) is 7.11 Å². The van der Waals surface area contributed by atoms with Crippen LogP contribution in [0.5, 0.6) is 5.75 Å². The van der Waals surface area contributed by atoms with Crippen molar-refractivity contribution in [1.82, 2.24) is 0 Å². The van der Waals surface area contributed by atoms with Gasteiger partial charge in [0.25, 0.3) is 0 Å². The molecule has 7 heteroatoms. The molecule has 0 bridgehead atoms. The smallest absolute Gasteiger partial charge is 0.330 e. The largest absolute Gasteiger partial charge is 0.496 e. The summed E-state index contributed by atoms with van der Waals surface area (Å²) < 4.78 is 44.2. The fraction of sp³-hybridized carbons (Fsp3) is 0.375. The lowest BCUT2D eigenvalue weighted by atomic mass is 10.3. The van der Waals surface area contributed by atoms with E-state index < -0.39 is 10.2 Å². The first-order valence-corrected chi connectivity index (χ1v) is 5.03. The third-order valence-electron chi connectivity index (χ3n) is 1.25. The van der Waals surface area contributed by atoms with E-state index in [0.29, 0.717) is 0 Å². The van der Waals surface area contributed by atoms with Crippen molar-refractivity contribution in [3.05, 3.63) is 23.7 Å². The molecule has 1 aromatic heterocycles. The van der Waals surface area contributed by atoms with Gasteiger partial charge in [-0.05, 0) is 0 Å². The molecule has 0 saturated heterocycles. The second-order valence-corrected chi connectivity index (χ2v) is 3.35. The Morgan fingerprint density at radius 1 is 1.07 bits per heavy atom. The minimum atomic E-state index is -4.94. The molecule has 0 spiro atoms. The van der Waals surface area contributed by atoms with E-state index in [-0.39, 0.29) is 0 Å². The quantitative estimate of drug-likeness (QED) is 0.497. The molecule has 6 nitrogen and oxygen atoms in total. The number of hydrogen-bond acceptors (Lipinski definition) is 5. The Labute approximate surface area is 89.1 Å². The lowest BCUT2D eigenvalue weighted by molar-refractivity contribution is -2.00. The highest BCUT2D eigenvalue weighted by atomic mass is 35.7. The van der Waals surface area contributed by atoms with Gasteiger partial charge >= 0.3 is 11.5 Å². The molecule has 0 atom stereocenters. The number of rotatable bonds is 1. The molecule has 1 aromatic rings. The molecule has 86 valence electrons. The van der Waals surface area contributed by atoms with Crippen molar-refractivity contribution in [2.24, 2.45) is 0 Å². The lowest BCUT2D eigenvalue weighted by Crippen LogP contribution is -2.68. The summed E-state index contributed by atoms with van der Waals surface area (Å²) in [6.45, 7) is 3.80. The van der Waals surface area contributed by atoms with Gasteiger partial charge in [-0.1, -0.05) is 0 Å². The van der Waals surface area contributed by atoms with E-state index in [9.17, 15) is 0 Å². The standard InChI is InChI=1S/C8H11O2.ClHO4/c1-6-4-8(9-3)5-7(2)10-6;2-1(3,4)5/h4-5H,1-3H3;(H,2,3,4,5)/q+1;/p-1. The topological polar surface area (TPSA) is 113 Å². The number of aryl methyl sites for hydroxylation is 2. The zero-order valence-corrected chi connectivity index (χ0v) is 9.24. The molecular weight excluding hydrogens is 228 g/mol. The SMILES string of the molecule is COc1cc(C)[o+]c(C)c1.[O-][Cl+3]([O-])([O-])[O-]. The summed E-state index contributed by atoms with van der Waals surface area (Å²) in [5.74, 6) is 2.59. The van der Waals surface area contributed by atoms with Crippen LogP contribution in [0.1, 0.15) is 11.5 Å². The molecule has 1 heterocycles. The fourth-order valence-electron chi connectivity index (χ4n) is 0.873. The summed E-state index contributed by atoms with van der Waals surface area (Å²) in [6, 6.07) is 3.71. The number of hydrogen-bond donors (Lipinski definition) is 0. The van der Waals surface area contributed by atoms with Gasteiger partial charge in [0.15, 0.2) is 0 Å². The highest BCUT2D eigenvalue weighted by Crippen LogP contribution is 2.14. The molecule has 0 radical (unpaired) electrons. The number of ether oxygens (including phenoxy) is 1. The van der Waals surface area contributed by atoms with Crippen LogP contribution in [0, 0.1) is 24.1 Å². The normalized spacial score (nSPS) is 10.3. The zero-order valence-electron chi connectivity index (χ0n) is 8.48. The van der Waals surface area contributed by atoms with Crippen LogP contribution >= 0.6 is 0 Å². The third kappa shape index (κ3) is 9.39. The van der Waals surface area contributed by atoms with Crippen molar-refractivity contribution >= 4 is 0 Å². The first kappa shape index (κ1) is 14.1. The molecule has 0 aromatic carbocycles. The van der Waals surface area contributed by atoms with Crippen LogP contribution in [0.4, 0.5) is 0 Å². The van der Waals surface area contributed by atoms with Gasteiger partial charge in [0.2, 0.25) is 0 Å². The molecule has 0 saturated carbocycles. The second-order valence-electron chi connectivity index (χ2n) is 2.60. The van der Waals surface area contributed by atoms with Crippen molar-refractivity contribution in [1.29, 1.82) is 0 Å². The Kier molecular flexibility index (Phi) is 5.48. The predicted molar refractivity (Wildman–Crippen MR) is 39.1 cm³/mol. The summed E-state index contributed by atoms with van der Waals surface area (Å²) in [5, 5.41) is 0. The zero-order chi connectivity index (χ0) is 12.1. The van der Waals surface area contributed by atoms with Gasteiger partial charge in [-0.25, -0.2) is 23.1 Å². The minimum absolute atomic E-state index is 0.848. The molecule has 0 aliphatic rings. The maximum Gasteiger partial charge on any atom is 0.330 e. The van der Waals surface area contributed by atoms with Gasteiger partial charge in [0, 0.05) is 0 Å². The third-order valence-corrected chi connectivity index (χ3v) is 1.25. The maximum atomic E-state index is 8.49. The molecule has 0 unspecified atom stereocenters. The van der Waals surface area contributed by atoms with Crippen LogP contribution in [0.25, 0.3) is 0 Å². The molecular formula is C8H11ClO6. The average Bonchev–Trinajstić information content (AvgIpc) is 1.99. The summed E-state index contributed by atoms with van der Waals surface area (Å²) in [7, 11) is -3.30. The van der Waals surface area contributed by atoms with Crippen molar-refractivity contribution in [3.8, 4) is 5.75 Å². The van der Waals surface area contributed by atoms with Crippen molar-refractivity contribution in [3.63, 3.8) is 0 Å². The van der Waals surface area contributed by atoms with Gasteiger partial charge in [-0.15, -0.1) is 10.2 Å². The Morgan fingerprint density at radius 3 is 1.67 bits per heavy atom. The highest BCUT2D eigenvalue weighted by molar-refractivity contribution is 5.22. The lowest BCUT2D eigenvalue weighted by Gasteiger charge is -2.17. The van der Waals surface area contributed by atoms with Crippen molar-refractivity contribution < 1.29 is 38.0 Å². The second kappa shape index (κ2) is 5.84. The van der Waals surface area contributed by atoms with E-state index >= 15 is 0 Å². The molecule has 15 heavy (non-hydrogen) atoms. The van der Waals surface area contributed by atoms with E-state index in [1.54, 1.807) is 7.11 Å². The van der Waals surface area contributed by atoms with E-state index in [4.69, 9.17) is 27.8 Å². The van der Waals surface area contributed by atoms with Crippen LogP contribution in [-0.2, 0) is 0 Å². The van der Waals surface area contributed by atoms with Gasteiger partial charge in [0.05, 0.1) is 33.1 Å². The van der Waals surface area contributed by atoms with Crippen LogP contribution < -0.4 is 23.4 Å². The van der Waals surface area contributed by atoms with E-state index in [0.717, 1.165) is 17.3 Å². The Balaban J connectivity index is 0.000000336. The van der Waals surface area contributed by atoms with Gasteiger partial charge < -0.3 is 4.74 Å². The molecule has 1 rings (SSSR count). The Morgan fingerprint density at radius 2 is 1.40 bits per heavy atom. The molecule has 0 amide bonds.